The molecule has 106 valence electrons. The van der Waals surface area contributed by atoms with Gasteiger partial charge >= 0.3 is 0 Å². The summed E-state index contributed by atoms with van der Waals surface area (Å²) in [6, 6.07) is 0. The smallest absolute Gasteiger partial charge is 0.193 e. The maximum Gasteiger partial charge on any atom is 0.193 e. The second kappa shape index (κ2) is 8.64. The highest BCUT2D eigenvalue weighted by Crippen LogP contribution is 2.21. The molecule has 1 fully saturated rings. The zero-order valence-electron chi connectivity index (χ0n) is 11.9. The number of hydrogen-bond donors (Lipinski definition) is 2. The zero-order chi connectivity index (χ0) is 13.4. The number of guanidine groups is 1. The number of rotatable bonds is 5. The number of nitrogens with zero attached hydrogens (tertiary/aromatic N) is 2. The first kappa shape index (κ1) is 15.6. The van der Waals surface area contributed by atoms with Gasteiger partial charge in [0.2, 0.25) is 0 Å². The fourth-order valence-corrected chi connectivity index (χ4v) is 3.06. The van der Waals surface area contributed by atoms with Gasteiger partial charge in [0.15, 0.2) is 5.96 Å². The van der Waals surface area contributed by atoms with Crippen LogP contribution in [0, 0.1) is 5.92 Å². The van der Waals surface area contributed by atoms with Gasteiger partial charge in [-0.3, -0.25) is 4.99 Å². The lowest BCUT2D eigenvalue weighted by Gasteiger charge is -2.34. The Hall–Kier alpha value is -0.420. The topological polar surface area (TPSA) is 47.9 Å². The van der Waals surface area contributed by atoms with E-state index in [9.17, 15) is 0 Å². The molecule has 2 atom stereocenters. The Morgan fingerprint density at radius 2 is 2.33 bits per heavy atom. The van der Waals surface area contributed by atoms with E-state index in [1.165, 1.54) is 12.2 Å². The van der Waals surface area contributed by atoms with Crippen LogP contribution in [0.15, 0.2) is 4.99 Å². The molecule has 0 amide bonds. The number of thioether (sulfide) groups is 1. The maximum atomic E-state index is 9.06. The van der Waals surface area contributed by atoms with Crippen molar-refractivity contribution in [3.63, 3.8) is 0 Å². The summed E-state index contributed by atoms with van der Waals surface area (Å²) >= 11 is 2.07. The molecule has 0 aromatic carbocycles. The third-order valence-corrected chi connectivity index (χ3v) is 4.47. The second-order valence-corrected chi connectivity index (χ2v) is 6.24. The predicted octanol–water partition coefficient (Wildman–Crippen LogP) is 1.41. The SMILES string of the molecule is CCNC(=NCC(C)CO)N1CCSC(CC)C1. The quantitative estimate of drug-likeness (QED) is 0.587. The molecular formula is C13H27N3OS. The lowest BCUT2D eigenvalue weighted by atomic mass is 10.2. The molecule has 0 radical (unpaired) electrons. The molecule has 0 bridgehead atoms. The third-order valence-electron chi connectivity index (χ3n) is 3.09. The summed E-state index contributed by atoms with van der Waals surface area (Å²) in [4.78, 5) is 7.00. The van der Waals surface area contributed by atoms with Crippen LogP contribution in [0.4, 0.5) is 0 Å². The molecule has 1 saturated heterocycles. The molecule has 1 rings (SSSR count). The van der Waals surface area contributed by atoms with Crippen LogP contribution < -0.4 is 5.32 Å². The molecule has 5 heteroatoms. The van der Waals surface area contributed by atoms with Gasteiger partial charge in [0, 0.05) is 43.8 Å². The maximum absolute atomic E-state index is 9.06. The van der Waals surface area contributed by atoms with E-state index in [2.05, 4.69) is 40.8 Å². The summed E-state index contributed by atoms with van der Waals surface area (Å²) in [6.07, 6.45) is 1.22. The Balaban J connectivity index is 2.59. The van der Waals surface area contributed by atoms with Crippen LogP contribution in [0.5, 0.6) is 0 Å². The van der Waals surface area contributed by atoms with Crippen LogP contribution in [-0.4, -0.2) is 59.8 Å². The van der Waals surface area contributed by atoms with Crippen LogP contribution in [0.1, 0.15) is 27.2 Å². The van der Waals surface area contributed by atoms with Crippen molar-refractivity contribution >= 4 is 17.7 Å². The van der Waals surface area contributed by atoms with Crippen LogP contribution in [0.2, 0.25) is 0 Å². The van der Waals surface area contributed by atoms with Gasteiger partial charge in [0.1, 0.15) is 0 Å². The van der Waals surface area contributed by atoms with Crippen LogP contribution in [0.3, 0.4) is 0 Å². The molecule has 1 heterocycles. The summed E-state index contributed by atoms with van der Waals surface area (Å²) in [5, 5.41) is 13.1. The largest absolute Gasteiger partial charge is 0.396 e. The van der Waals surface area contributed by atoms with E-state index in [-0.39, 0.29) is 12.5 Å². The summed E-state index contributed by atoms with van der Waals surface area (Å²) < 4.78 is 0. The second-order valence-electron chi connectivity index (χ2n) is 4.83. The van der Waals surface area contributed by atoms with Crippen LogP contribution >= 0.6 is 11.8 Å². The van der Waals surface area contributed by atoms with Crippen molar-refractivity contribution in [2.75, 3.05) is 38.5 Å². The number of aliphatic hydroxyl groups excluding tert-OH is 1. The van der Waals surface area contributed by atoms with Gasteiger partial charge in [-0.1, -0.05) is 13.8 Å². The van der Waals surface area contributed by atoms with E-state index in [1.54, 1.807) is 0 Å². The fourth-order valence-electron chi connectivity index (χ4n) is 1.88. The Bertz CT molecular complexity index is 261. The highest BCUT2D eigenvalue weighted by molar-refractivity contribution is 8.00. The van der Waals surface area contributed by atoms with Gasteiger partial charge in [-0.15, -0.1) is 0 Å². The van der Waals surface area contributed by atoms with Crippen molar-refractivity contribution in [1.82, 2.24) is 10.2 Å². The van der Waals surface area contributed by atoms with Gasteiger partial charge in [0.05, 0.1) is 0 Å². The molecule has 0 aromatic rings. The van der Waals surface area contributed by atoms with Crippen molar-refractivity contribution < 1.29 is 5.11 Å². The number of aliphatic imine (C=N–C) groups is 1. The van der Waals surface area contributed by atoms with E-state index in [0.29, 0.717) is 6.54 Å². The normalized spacial score (nSPS) is 23.0. The van der Waals surface area contributed by atoms with Gasteiger partial charge in [-0.25, -0.2) is 0 Å². The molecule has 1 aliphatic heterocycles. The fraction of sp³-hybridized carbons (Fsp3) is 0.923. The summed E-state index contributed by atoms with van der Waals surface area (Å²) in [5.41, 5.74) is 0. The average molecular weight is 273 g/mol. The van der Waals surface area contributed by atoms with Gasteiger partial charge in [-0.2, -0.15) is 11.8 Å². The monoisotopic (exact) mass is 273 g/mol. The molecule has 0 aromatic heterocycles. The van der Waals surface area contributed by atoms with Crippen molar-refractivity contribution in [3.8, 4) is 0 Å². The predicted molar refractivity (Wildman–Crippen MR) is 80.3 cm³/mol. The molecule has 18 heavy (non-hydrogen) atoms. The Labute approximate surface area is 115 Å². The summed E-state index contributed by atoms with van der Waals surface area (Å²) in [7, 11) is 0. The Kier molecular flexibility index (Phi) is 7.51. The average Bonchev–Trinajstić information content (AvgIpc) is 2.43. The molecule has 0 spiro atoms. The standard InChI is InChI=1S/C13H27N3OS/c1-4-12-9-16(6-7-18-12)13(14-5-2)15-8-11(3)10-17/h11-12,17H,4-10H2,1-3H3,(H,14,15). The molecule has 1 aliphatic rings. The van der Waals surface area contributed by atoms with Crippen molar-refractivity contribution in [2.24, 2.45) is 10.9 Å². The van der Waals surface area contributed by atoms with Gasteiger partial charge < -0.3 is 15.3 Å². The summed E-state index contributed by atoms with van der Waals surface area (Å²) in [6.45, 7) is 10.3. The van der Waals surface area contributed by atoms with E-state index < -0.39 is 0 Å². The molecule has 0 aliphatic carbocycles. The van der Waals surface area contributed by atoms with E-state index in [0.717, 1.165) is 30.8 Å². The van der Waals surface area contributed by atoms with E-state index in [1.807, 2.05) is 6.92 Å². The molecule has 2 unspecified atom stereocenters. The number of aliphatic hydroxyl groups is 1. The van der Waals surface area contributed by atoms with Crippen molar-refractivity contribution in [1.29, 1.82) is 0 Å². The Morgan fingerprint density at radius 3 is 2.94 bits per heavy atom. The van der Waals surface area contributed by atoms with Gasteiger partial charge in [0.25, 0.3) is 0 Å². The molecular weight excluding hydrogens is 246 g/mol. The molecule has 0 saturated carbocycles. The minimum Gasteiger partial charge on any atom is -0.396 e. The Morgan fingerprint density at radius 1 is 1.56 bits per heavy atom. The highest BCUT2D eigenvalue weighted by atomic mass is 32.2. The first-order valence-corrected chi connectivity index (χ1v) is 8.01. The minimum absolute atomic E-state index is 0.205. The van der Waals surface area contributed by atoms with E-state index in [4.69, 9.17) is 5.11 Å². The van der Waals surface area contributed by atoms with Crippen molar-refractivity contribution in [3.05, 3.63) is 0 Å². The van der Waals surface area contributed by atoms with Crippen LogP contribution in [0.25, 0.3) is 0 Å². The number of hydrogen-bond acceptors (Lipinski definition) is 3. The lowest BCUT2D eigenvalue weighted by molar-refractivity contribution is 0.241. The first-order valence-electron chi connectivity index (χ1n) is 6.96. The van der Waals surface area contributed by atoms with Crippen molar-refractivity contribution in [2.45, 2.75) is 32.4 Å². The van der Waals surface area contributed by atoms with Gasteiger partial charge in [-0.05, 0) is 19.3 Å². The number of nitrogens with one attached hydrogen (secondary N) is 1. The zero-order valence-corrected chi connectivity index (χ0v) is 12.7. The van der Waals surface area contributed by atoms with E-state index >= 15 is 0 Å². The minimum atomic E-state index is 0.205. The van der Waals surface area contributed by atoms with Crippen LogP contribution in [-0.2, 0) is 0 Å². The third kappa shape index (κ3) is 5.06. The summed E-state index contributed by atoms with van der Waals surface area (Å²) in [5.74, 6) is 2.43. The highest BCUT2D eigenvalue weighted by Gasteiger charge is 2.21. The lowest BCUT2D eigenvalue weighted by Crippen LogP contribution is -2.48. The molecule has 2 N–H and O–H groups in total. The molecule has 4 nitrogen and oxygen atoms in total. The first-order chi connectivity index (χ1) is 8.71.